The Hall–Kier alpha value is -3.28. The van der Waals surface area contributed by atoms with Gasteiger partial charge >= 0.3 is 0 Å². The van der Waals surface area contributed by atoms with Crippen LogP contribution in [0.25, 0.3) is 10.2 Å². The maximum atomic E-state index is 13.0. The highest BCUT2D eigenvalue weighted by molar-refractivity contribution is 7.23. The molecule has 180 valence electrons. The molecule has 1 aliphatic rings. The number of benzene rings is 1. The van der Waals surface area contributed by atoms with Gasteiger partial charge in [0.1, 0.15) is 17.9 Å². The van der Waals surface area contributed by atoms with Gasteiger partial charge in [0.05, 0.1) is 42.9 Å². The Labute approximate surface area is 201 Å². The van der Waals surface area contributed by atoms with E-state index < -0.39 is 0 Å². The number of fused-ring (bicyclic) bond motifs is 1. The highest BCUT2D eigenvalue weighted by Crippen LogP contribution is 2.39. The van der Waals surface area contributed by atoms with E-state index in [4.69, 9.17) is 14.2 Å². The lowest BCUT2D eigenvalue weighted by atomic mass is 10.2. The topological polar surface area (TPSA) is 106 Å². The zero-order chi connectivity index (χ0) is 24.1. The molecular formula is C23H27N5O5S. The van der Waals surface area contributed by atoms with Gasteiger partial charge in [-0.2, -0.15) is 0 Å². The van der Waals surface area contributed by atoms with E-state index in [9.17, 15) is 9.59 Å². The summed E-state index contributed by atoms with van der Waals surface area (Å²) in [6.45, 7) is 3.19. The number of morpholine rings is 1. The van der Waals surface area contributed by atoms with Crippen LogP contribution in [0.1, 0.15) is 16.1 Å². The van der Waals surface area contributed by atoms with Crippen LogP contribution in [-0.2, 0) is 20.8 Å². The molecular weight excluding hydrogens is 458 g/mol. The number of likely N-dealkylation sites (N-methyl/N-ethyl adjacent to an activating group) is 1. The highest BCUT2D eigenvalue weighted by Gasteiger charge is 2.20. The van der Waals surface area contributed by atoms with Crippen molar-refractivity contribution in [3.63, 3.8) is 0 Å². The Kier molecular flexibility index (Phi) is 7.56. The van der Waals surface area contributed by atoms with Gasteiger partial charge in [0, 0.05) is 39.0 Å². The Morgan fingerprint density at radius 2 is 2.03 bits per heavy atom. The summed E-state index contributed by atoms with van der Waals surface area (Å²) in [7, 11) is 4.74. The van der Waals surface area contributed by atoms with Gasteiger partial charge < -0.3 is 24.0 Å². The first-order chi connectivity index (χ1) is 16.5. The molecule has 1 N–H and O–H groups in total. The Morgan fingerprint density at radius 3 is 2.76 bits per heavy atom. The van der Waals surface area contributed by atoms with Crippen molar-refractivity contribution in [3.05, 3.63) is 41.7 Å². The van der Waals surface area contributed by atoms with Gasteiger partial charge in [-0.05, 0) is 24.3 Å². The average molecular weight is 486 g/mol. The molecule has 11 heteroatoms. The van der Waals surface area contributed by atoms with Crippen LogP contribution in [-0.4, -0.2) is 80.9 Å². The number of nitrogens with zero attached hydrogens (tertiary/aromatic N) is 4. The monoisotopic (exact) mass is 485 g/mol. The van der Waals surface area contributed by atoms with E-state index >= 15 is 0 Å². The Bertz CT molecular complexity index is 1180. The molecule has 1 fully saturated rings. The van der Waals surface area contributed by atoms with Crippen LogP contribution < -0.4 is 15.0 Å². The second-order valence-corrected chi connectivity index (χ2v) is 8.75. The van der Waals surface area contributed by atoms with Gasteiger partial charge in [-0.15, -0.1) is 0 Å². The molecule has 2 amide bonds. The van der Waals surface area contributed by atoms with Crippen LogP contribution in [0.15, 0.2) is 30.5 Å². The average Bonchev–Trinajstić information content (AvgIpc) is 3.27. The van der Waals surface area contributed by atoms with E-state index in [0.29, 0.717) is 40.9 Å². The van der Waals surface area contributed by atoms with Crippen molar-refractivity contribution >= 4 is 44.2 Å². The van der Waals surface area contributed by atoms with Crippen LogP contribution in [0, 0.1) is 0 Å². The van der Waals surface area contributed by atoms with Crippen LogP contribution >= 0.6 is 11.3 Å². The normalized spacial score (nSPS) is 13.7. The number of hydrogen-bond donors (Lipinski definition) is 1. The molecule has 2 aromatic heterocycles. The smallest absolute Gasteiger partial charge is 0.257 e. The first-order valence-corrected chi connectivity index (χ1v) is 11.6. The van der Waals surface area contributed by atoms with Crippen molar-refractivity contribution in [3.8, 4) is 5.75 Å². The molecule has 34 heavy (non-hydrogen) atoms. The van der Waals surface area contributed by atoms with Gasteiger partial charge in [0.15, 0.2) is 5.13 Å². The summed E-state index contributed by atoms with van der Waals surface area (Å²) in [5, 5.41) is 3.37. The number of amides is 2. The van der Waals surface area contributed by atoms with Crippen molar-refractivity contribution in [1.29, 1.82) is 0 Å². The van der Waals surface area contributed by atoms with Crippen LogP contribution in [0.4, 0.5) is 10.8 Å². The van der Waals surface area contributed by atoms with Crippen molar-refractivity contribution in [1.82, 2.24) is 14.9 Å². The molecule has 0 unspecified atom stereocenters. The van der Waals surface area contributed by atoms with Crippen molar-refractivity contribution in [2.45, 2.75) is 6.54 Å². The lowest BCUT2D eigenvalue weighted by molar-refractivity contribution is -0.134. The number of carbonyl (C=O) groups is 2. The highest BCUT2D eigenvalue weighted by atomic mass is 32.1. The fourth-order valence-corrected chi connectivity index (χ4v) is 4.70. The van der Waals surface area contributed by atoms with E-state index in [1.165, 1.54) is 23.3 Å². The first kappa shape index (κ1) is 23.9. The fourth-order valence-electron chi connectivity index (χ4n) is 3.68. The number of rotatable bonds is 8. The second kappa shape index (κ2) is 10.8. The molecule has 0 spiro atoms. The molecule has 3 aromatic rings. The molecule has 1 aliphatic heterocycles. The molecule has 3 heterocycles. The third-order valence-corrected chi connectivity index (χ3v) is 6.44. The number of carbonyl (C=O) groups excluding carboxylic acids is 2. The second-order valence-electron chi connectivity index (χ2n) is 7.76. The van der Waals surface area contributed by atoms with Gasteiger partial charge in [-0.25, -0.2) is 4.98 Å². The molecule has 0 bridgehead atoms. The number of anilines is 2. The quantitative estimate of drug-likeness (QED) is 0.519. The van der Waals surface area contributed by atoms with Gasteiger partial charge in [-0.1, -0.05) is 11.3 Å². The van der Waals surface area contributed by atoms with E-state index in [1.54, 1.807) is 32.5 Å². The number of thiazole rings is 1. The lowest BCUT2D eigenvalue weighted by Crippen LogP contribution is -2.36. The maximum Gasteiger partial charge on any atom is 0.257 e. The van der Waals surface area contributed by atoms with E-state index in [-0.39, 0.29) is 25.0 Å². The van der Waals surface area contributed by atoms with Gasteiger partial charge in [0.25, 0.3) is 5.91 Å². The fraction of sp³-hybridized carbons (Fsp3) is 0.391. The molecule has 1 aromatic carbocycles. The van der Waals surface area contributed by atoms with Crippen LogP contribution in [0.5, 0.6) is 5.75 Å². The zero-order valence-corrected chi connectivity index (χ0v) is 20.2. The summed E-state index contributed by atoms with van der Waals surface area (Å²) in [5.74, 6) is 0.179. The third-order valence-electron chi connectivity index (χ3n) is 5.45. The lowest BCUT2D eigenvalue weighted by Gasteiger charge is -2.29. The first-order valence-electron chi connectivity index (χ1n) is 10.8. The van der Waals surface area contributed by atoms with E-state index in [0.717, 1.165) is 23.5 Å². The molecule has 0 radical (unpaired) electrons. The maximum absolute atomic E-state index is 13.0. The Balaban J connectivity index is 1.54. The van der Waals surface area contributed by atoms with E-state index in [2.05, 4.69) is 20.2 Å². The molecule has 4 rings (SSSR count). The van der Waals surface area contributed by atoms with Crippen molar-refractivity contribution in [2.24, 2.45) is 0 Å². The summed E-state index contributed by atoms with van der Waals surface area (Å²) in [5.41, 5.74) is 2.78. The molecule has 0 saturated carbocycles. The van der Waals surface area contributed by atoms with Crippen molar-refractivity contribution in [2.75, 3.05) is 64.4 Å². The van der Waals surface area contributed by atoms with Gasteiger partial charge in [-0.3, -0.25) is 19.9 Å². The summed E-state index contributed by atoms with van der Waals surface area (Å²) in [4.78, 5) is 37.6. The minimum Gasteiger partial charge on any atom is -0.494 e. The predicted octanol–water partition coefficient (Wildman–Crippen LogP) is 2.39. The summed E-state index contributed by atoms with van der Waals surface area (Å²) in [6.07, 6.45) is 1.55. The Morgan fingerprint density at radius 1 is 1.24 bits per heavy atom. The van der Waals surface area contributed by atoms with Crippen molar-refractivity contribution < 1.29 is 23.8 Å². The predicted molar refractivity (Wildman–Crippen MR) is 130 cm³/mol. The van der Waals surface area contributed by atoms with Crippen LogP contribution in [0.3, 0.4) is 0 Å². The zero-order valence-electron chi connectivity index (χ0n) is 19.4. The number of hydrogen-bond acceptors (Lipinski definition) is 9. The summed E-state index contributed by atoms with van der Waals surface area (Å²) in [6, 6.07) is 7.21. The minimum absolute atomic E-state index is 0.00974. The molecule has 10 nitrogen and oxygen atoms in total. The molecule has 0 atom stereocenters. The number of ether oxygens (including phenoxy) is 3. The van der Waals surface area contributed by atoms with Gasteiger partial charge in [0.2, 0.25) is 5.91 Å². The number of aromatic nitrogens is 2. The number of pyridine rings is 1. The third kappa shape index (κ3) is 5.27. The largest absolute Gasteiger partial charge is 0.494 e. The minimum atomic E-state index is -0.305. The number of methoxy groups -OCH3 is 2. The summed E-state index contributed by atoms with van der Waals surface area (Å²) < 4.78 is 16.8. The summed E-state index contributed by atoms with van der Waals surface area (Å²) >= 11 is 1.41. The molecule has 0 aliphatic carbocycles. The molecule has 1 saturated heterocycles. The number of nitrogens with one attached hydrogen (secondary N) is 1. The van der Waals surface area contributed by atoms with Crippen LogP contribution in [0.2, 0.25) is 0 Å². The SMILES string of the molecule is COCC(=O)N(C)Cc1cc(C(=O)Nc2nc3c(OC)ccc(N4CCOCC4)c3s2)ccn1. The standard InChI is InChI=1S/C23H27N5O5S/c1-27(19(29)14-31-2)13-16-12-15(6-7-24-16)22(30)26-23-25-20-18(32-3)5-4-17(21(20)34-23)28-8-10-33-11-9-28/h4-7,12H,8-11,13-14H2,1-3H3,(H,25,26,30). The van der Waals surface area contributed by atoms with E-state index in [1.807, 2.05) is 12.1 Å².